The standard InChI is InChI=1S/C10H12N2O6S/c1-19(14,15)16-5-7-6-4-9(17-7)12-3-2-8(13)11-10(12)18-6/h2-3,6-7,9H,4-5H2,1H3/t6-,7-,9-/m1/s1. The molecule has 1 aromatic heterocycles. The molecule has 2 aliphatic rings. The Labute approximate surface area is 109 Å². The van der Waals surface area contributed by atoms with Gasteiger partial charge in [-0.1, -0.05) is 0 Å². The first-order chi connectivity index (χ1) is 8.92. The molecule has 9 heteroatoms. The van der Waals surface area contributed by atoms with Crippen molar-refractivity contribution >= 4 is 10.1 Å². The van der Waals surface area contributed by atoms with Crippen molar-refractivity contribution in [1.82, 2.24) is 9.55 Å². The van der Waals surface area contributed by atoms with Crippen LogP contribution in [0.15, 0.2) is 17.1 Å². The normalized spacial score (nSPS) is 28.8. The molecule has 2 bridgehead atoms. The van der Waals surface area contributed by atoms with Gasteiger partial charge >= 0.3 is 6.01 Å². The van der Waals surface area contributed by atoms with Gasteiger partial charge in [0.05, 0.1) is 12.9 Å². The van der Waals surface area contributed by atoms with Crippen molar-refractivity contribution in [2.45, 2.75) is 24.9 Å². The van der Waals surface area contributed by atoms with Crippen LogP contribution in [0.5, 0.6) is 6.01 Å². The number of ether oxygens (including phenoxy) is 2. The maximum Gasteiger partial charge on any atom is 0.302 e. The van der Waals surface area contributed by atoms with Crippen LogP contribution in [0.2, 0.25) is 0 Å². The van der Waals surface area contributed by atoms with Gasteiger partial charge in [-0.25, -0.2) is 0 Å². The monoisotopic (exact) mass is 288 g/mol. The van der Waals surface area contributed by atoms with E-state index < -0.39 is 21.8 Å². The molecule has 1 aromatic rings. The van der Waals surface area contributed by atoms with E-state index in [1.54, 1.807) is 10.8 Å². The Bertz CT molecular complexity index is 654. The van der Waals surface area contributed by atoms with Gasteiger partial charge in [-0.15, -0.1) is 0 Å². The fourth-order valence-electron chi connectivity index (χ4n) is 2.17. The number of hydrogen-bond donors (Lipinski definition) is 0. The zero-order valence-corrected chi connectivity index (χ0v) is 10.9. The molecule has 3 atom stereocenters. The second-order valence-electron chi connectivity index (χ2n) is 4.47. The molecular weight excluding hydrogens is 276 g/mol. The summed E-state index contributed by atoms with van der Waals surface area (Å²) in [6.45, 7) is -0.112. The minimum absolute atomic E-state index is 0.112. The minimum Gasteiger partial charge on any atom is -0.458 e. The Kier molecular flexibility index (Phi) is 2.84. The van der Waals surface area contributed by atoms with E-state index in [2.05, 4.69) is 4.98 Å². The zero-order valence-electron chi connectivity index (χ0n) is 10.1. The lowest BCUT2D eigenvalue weighted by Crippen LogP contribution is -2.34. The average Bonchev–Trinajstić information content (AvgIpc) is 2.63. The lowest BCUT2D eigenvalue weighted by molar-refractivity contribution is -0.0181. The highest BCUT2D eigenvalue weighted by Crippen LogP contribution is 2.37. The predicted octanol–water partition coefficient (Wildman–Crippen LogP) is -0.732. The molecule has 0 N–H and O–H groups in total. The van der Waals surface area contributed by atoms with Gasteiger partial charge in [0.15, 0.2) is 0 Å². The molecule has 1 fully saturated rings. The van der Waals surface area contributed by atoms with E-state index in [-0.39, 0.29) is 24.9 Å². The van der Waals surface area contributed by atoms with E-state index in [1.807, 2.05) is 0 Å². The minimum atomic E-state index is -3.52. The van der Waals surface area contributed by atoms with Crippen LogP contribution in [0.25, 0.3) is 0 Å². The average molecular weight is 288 g/mol. The largest absolute Gasteiger partial charge is 0.458 e. The van der Waals surface area contributed by atoms with Crippen molar-refractivity contribution in [2.75, 3.05) is 12.9 Å². The van der Waals surface area contributed by atoms with Crippen LogP contribution >= 0.6 is 0 Å². The summed E-state index contributed by atoms with van der Waals surface area (Å²) in [5, 5.41) is 0. The van der Waals surface area contributed by atoms with Crippen LogP contribution in [0.1, 0.15) is 12.6 Å². The molecule has 0 radical (unpaired) electrons. The van der Waals surface area contributed by atoms with E-state index in [9.17, 15) is 13.2 Å². The molecule has 2 aliphatic heterocycles. The van der Waals surface area contributed by atoms with Gasteiger partial charge in [-0.2, -0.15) is 13.4 Å². The SMILES string of the molecule is CS(=O)(=O)OC[C@H]1O[C@@H]2C[C@H]1Oc1nc(=O)ccn12. The topological polar surface area (TPSA) is 96.7 Å². The first-order valence-corrected chi connectivity index (χ1v) is 7.50. The molecule has 0 saturated carbocycles. The molecule has 3 heterocycles. The van der Waals surface area contributed by atoms with Crippen LogP contribution in [0.4, 0.5) is 0 Å². The van der Waals surface area contributed by atoms with Crippen LogP contribution in [-0.4, -0.2) is 43.0 Å². The lowest BCUT2D eigenvalue weighted by Gasteiger charge is -2.23. The summed E-state index contributed by atoms with van der Waals surface area (Å²) >= 11 is 0. The van der Waals surface area contributed by atoms with E-state index in [4.69, 9.17) is 13.7 Å². The Morgan fingerprint density at radius 2 is 2.37 bits per heavy atom. The Balaban J connectivity index is 1.79. The number of nitrogens with zero attached hydrogens (tertiary/aromatic N) is 2. The summed E-state index contributed by atoms with van der Waals surface area (Å²) in [5.41, 5.74) is -0.392. The van der Waals surface area contributed by atoms with E-state index in [0.29, 0.717) is 6.42 Å². The second-order valence-corrected chi connectivity index (χ2v) is 6.11. The van der Waals surface area contributed by atoms with Crippen LogP contribution in [0, 0.1) is 0 Å². The van der Waals surface area contributed by atoms with Gasteiger partial charge < -0.3 is 9.47 Å². The van der Waals surface area contributed by atoms with E-state index >= 15 is 0 Å². The van der Waals surface area contributed by atoms with Crippen LogP contribution in [-0.2, 0) is 19.0 Å². The zero-order chi connectivity index (χ0) is 13.6. The van der Waals surface area contributed by atoms with Crippen molar-refractivity contribution in [3.8, 4) is 6.01 Å². The summed E-state index contributed by atoms with van der Waals surface area (Å²) < 4.78 is 39.4. The highest BCUT2D eigenvalue weighted by atomic mass is 32.2. The Morgan fingerprint density at radius 1 is 1.58 bits per heavy atom. The molecule has 1 saturated heterocycles. The summed E-state index contributed by atoms with van der Waals surface area (Å²) in [6.07, 6.45) is 1.91. The smallest absolute Gasteiger partial charge is 0.302 e. The van der Waals surface area contributed by atoms with Gasteiger partial charge in [0.25, 0.3) is 15.7 Å². The molecular formula is C10H12N2O6S. The Morgan fingerprint density at radius 3 is 3.11 bits per heavy atom. The van der Waals surface area contributed by atoms with Crippen LogP contribution < -0.4 is 10.3 Å². The fraction of sp³-hybridized carbons (Fsp3) is 0.600. The third-order valence-corrected chi connectivity index (χ3v) is 3.56. The highest BCUT2D eigenvalue weighted by Gasteiger charge is 2.43. The molecule has 0 amide bonds. The highest BCUT2D eigenvalue weighted by molar-refractivity contribution is 7.85. The van der Waals surface area contributed by atoms with Gasteiger partial charge in [-0.3, -0.25) is 13.5 Å². The van der Waals surface area contributed by atoms with Crippen molar-refractivity contribution in [3.63, 3.8) is 0 Å². The molecule has 104 valence electrons. The third-order valence-electron chi connectivity index (χ3n) is 3.00. The first kappa shape index (κ1) is 12.6. The van der Waals surface area contributed by atoms with Crippen molar-refractivity contribution in [3.05, 3.63) is 22.6 Å². The predicted molar refractivity (Wildman–Crippen MR) is 62.2 cm³/mol. The number of aromatic nitrogens is 2. The molecule has 0 spiro atoms. The van der Waals surface area contributed by atoms with Gasteiger partial charge in [0.1, 0.15) is 18.4 Å². The summed E-state index contributed by atoms with van der Waals surface area (Å²) in [7, 11) is -3.52. The summed E-state index contributed by atoms with van der Waals surface area (Å²) in [6, 6.07) is 1.51. The van der Waals surface area contributed by atoms with Crippen LogP contribution in [0.3, 0.4) is 0 Å². The van der Waals surface area contributed by atoms with E-state index in [1.165, 1.54) is 6.07 Å². The first-order valence-electron chi connectivity index (χ1n) is 5.68. The third kappa shape index (κ3) is 2.48. The quantitative estimate of drug-likeness (QED) is 0.676. The fourth-order valence-corrected chi connectivity index (χ4v) is 2.56. The molecule has 0 unspecified atom stereocenters. The van der Waals surface area contributed by atoms with Gasteiger partial charge in [-0.05, 0) is 0 Å². The maximum absolute atomic E-state index is 11.2. The van der Waals surface area contributed by atoms with E-state index in [0.717, 1.165) is 6.26 Å². The van der Waals surface area contributed by atoms with Crippen molar-refractivity contribution < 1.29 is 22.1 Å². The maximum atomic E-state index is 11.2. The molecule has 0 aliphatic carbocycles. The molecule has 0 aromatic carbocycles. The molecule has 8 nitrogen and oxygen atoms in total. The van der Waals surface area contributed by atoms with Gasteiger partial charge in [0.2, 0.25) is 0 Å². The lowest BCUT2D eigenvalue weighted by atomic mass is 10.2. The molecule has 3 rings (SSSR count). The van der Waals surface area contributed by atoms with Crippen molar-refractivity contribution in [2.24, 2.45) is 0 Å². The second kappa shape index (κ2) is 4.29. The number of fused-ring (bicyclic) bond motifs is 4. The van der Waals surface area contributed by atoms with Crippen molar-refractivity contribution in [1.29, 1.82) is 0 Å². The van der Waals surface area contributed by atoms with Gasteiger partial charge in [0, 0.05) is 18.7 Å². The Hall–Kier alpha value is -1.45. The summed E-state index contributed by atoms with van der Waals surface area (Å²) in [4.78, 5) is 14.9. The molecule has 19 heavy (non-hydrogen) atoms. The number of hydrogen-bond acceptors (Lipinski definition) is 7. The summed E-state index contributed by atoms with van der Waals surface area (Å²) in [5.74, 6) is 0. The number of rotatable bonds is 3.